The summed E-state index contributed by atoms with van der Waals surface area (Å²) in [4.78, 5) is 17.2. The molecule has 2 aromatic carbocycles. The zero-order chi connectivity index (χ0) is 26.2. The van der Waals surface area contributed by atoms with E-state index in [1.807, 2.05) is 0 Å². The van der Waals surface area contributed by atoms with Crippen LogP contribution < -0.4 is 5.32 Å². The number of nitrogens with one attached hydrogen (secondary N) is 1. The lowest BCUT2D eigenvalue weighted by atomic mass is 10.1. The molecule has 192 valence electrons. The second kappa shape index (κ2) is 9.64. The van der Waals surface area contributed by atoms with Crippen LogP contribution in [-0.4, -0.2) is 36.2 Å². The molecule has 1 saturated heterocycles. The first-order chi connectivity index (χ1) is 17.6. The number of carbonyl (C=O) groups is 1. The molecule has 4 aromatic rings. The normalized spacial score (nSPS) is 16.8. The fourth-order valence-corrected chi connectivity index (χ4v) is 5.98. The standard InChI is InChI=1S/C26H22F3N3O4S/c27-26(28,29)20-9-7-18(8-10-20)21-14-17(11-12-30-21)16-31-25(33)22-5-3-13-32(22)37(34,35)24-15-19-4-1-2-6-23(19)36-24/h1-2,4,6-12,14-15,22H,3,5,13,16H2,(H,31,33)/t22-/m0/s1. The van der Waals surface area contributed by atoms with Gasteiger partial charge < -0.3 is 9.73 Å². The maximum absolute atomic E-state index is 13.3. The molecule has 0 radical (unpaired) electrons. The van der Waals surface area contributed by atoms with E-state index in [-0.39, 0.29) is 18.2 Å². The highest BCUT2D eigenvalue weighted by atomic mass is 32.2. The van der Waals surface area contributed by atoms with Crippen molar-refractivity contribution >= 4 is 26.9 Å². The Morgan fingerprint density at radius 2 is 1.84 bits per heavy atom. The Labute approximate surface area is 211 Å². The van der Waals surface area contributed by atoms with E-state index in [1.54, 1.807) is 36.4 Å². The molecule has 2 aromatic heterocycles. The fraction of sp³-hybridized carbons (Fsp3) is 0.231. The van der Waals surface area contributed by atoms with Gasteiger partial charge >= 0.3 is 6.18 Å². The molecule has 1 aliphatic heterocycles. The number of para-hydroxylation sites is 1. The lowest BCUT2D eigenvalue weighted by molar-refractivity contribution is -0.137. The summed E-state index contributed by atoms with van der Waals surface area (Å²) < 4.78 is 71.7. The number of halogens is 3. The Hall–Kier alpha value is -3.70. The third kappa shape index (κ3) is 5.09. The molecular formula is C26H22F3N3O4S. The topological polar surface area (TPSA) is 92.5 Å². The van der Waals surface area contributed by atoms with E-state index < -0.39 is 33.7 Å². The smallest absolute Gasteiger partial charge is 0.416 e. The summed E-state index contributed by atoms with van der Waals surface area (Å²) in [5.74, 6) is -0.440. The first kappa shape index (κ1) is 25.0. The van der Waals surface area contributed by atoms with Gasteiger partial charge in [-0.2, -0.15) is 17.5 Å². The van der Waals surface area contributed by atoms with Crippen LogP contribution in [0.1, 0.15) is 24.0 Å². The lowest BCUT2D eigenvalue weighted by Crippen LogP contribution is -2.45. The largest absolute Gasteiger partial charge is 0.443 e. The number of fused-ring (bicyclic) bond motifs is 1. The van der Waals surface area contributed by atoms with Crippen LogP contribution in [0.4, 0.5) is 13.2 Å². The molecule has 1 atom stereocenters. The fourth-order valence-electron chi connectivity index (χ4n) is 4.37. The minimum absolute atomic E-state index is 0.101. The van der Waals surface area contributed by atoms with Gasteiger partial charge in [0.05, 0.1) is 11.3 Å². The highest BCUT2D eigenvalue weighted by Gasteiger charge is 2.41. The first-order valence-electron chi connectivity index (χ1n) is 11.5. The van der Waals surface area contributed by atoms with Crippen LogP contribution >= 0.6 is 0 Å². The van der Waals surface area contributed by atoms with Crippen LogP contribution in [0.3, 0.4) is 0 Å². The monoisotopic (exact) mass is 529 g/mol. The zero-order valence-corrected chi connectivity index (χ0v) is 20.2. The molecule has 0 saturated carbocycles. The maximum atomic E-state index is 13.3. The number of nitrogens with zero attached hydrogens (tertiary/aromatic N) is 2. The Balaban J connectivity index is 1.28. The van der Waals surface area contributed by atoms with Gasteiger partial charge in [0.25, 0.3) is 10.0 Å². The number of furan rings is 1. The summed E-state index contributed by atoms with van der Waals surface area (Å²) in [6.07, 6.45) is -2.02. The summed E-state index contributed by atoms with van der Waals surface area (Å²) in [7, 11) is -4.02. The van der Waals surface area contributed by atoms with Crippen LogP contribution in [0.2, 0.25) is 0 Å². The molecule has 37 heavy (non-hydrogen) atoms. The minimum atomic E-state index is -4.43. The highest BCUT2D eigenvalue weighted by Crippen LogP contribution is 2.32. The van der Waals surface area contributed by atoms with Gasteiger partial charge in [-0.25, -0.2) is 8.42 Å². The predicted molar refractivity (Wildman–Crippen MR) is 130 cm³/mol. The molecule has 5 rings (SSSR count). The number of carbonyl (C=O) groups excluding carboxylic acids is 1. The van der Waals surface area contributed by atoms with Gasteiger partial charge in [0.1, 0.15) is 11.6 Å². The quantitative estimate of drug-likeness (QED) is 0.380. The number of benzene rings is 2. The zero-order valence-electron chi connectivity index (χ0n) is 19.4. The second-order valence-corrected chi connectivity index (χ2v) is 10.5. The van der Waals surface area contributed by atoms with Crippen LogP contribution in [0.25, 0.3) is 22.2 Å². The average molecular weight is 530 g/mol. The molecule has 3 heterocycles. The molecule has 1 aliphatic rings. The third-order valence-electron chi connectivity index (χ3n) is 6.27. The van der Waals surface area contributed by atoms with Crippen LogP contribution in [0.15, 0.2) is 82.4 Å². The SMILES string of the molecule is O=C(NCc1ccnc(-c2ccc(C(F)(F)F)cc2)c1)[C@@H]1CCCN1S(=O)(=O)c1cc2ccccc2o1. The number of aromatic nitrogens is 1. The number of pyridine rings is 1. The van der Waals surface area contributed by atoms with Gasteiger partial charge in [-0.3, -0.25) is 9.78 Å². The summed E-state index contributed by atoms with van der Waals surface area (Å²) >= 11 is 0. The van der Waals surface area contributed by atoms with Crippen molar-refractivity contribution in [3.8, 4) is 11.3 Å². The van der Waals surface area contributed by atoms with Crippen molar-refractivity contribution in [1.82, 2.24) is 14.6 Å². The van der Waals surface area contributed by atoms with Crippen molar-refractivity contribution in [2.75, 3.05) is 6.54 Å². The molecule has 0 unspecified atom stereocenters. The molecule has 0 bridgehead atoms. The van der Waals surface area contributed by atoms with Crippen molar-refractivity contribution in [3.63, 3.8) is 0 Å². The van der Waals surface area contributed by atoms with Crippen molar-refractivity contribution in [2.24, 2.45) is 0 Å². The highest BCUT2D eigenvalue weighted by molar-refractivity contribution is 7.89. The van der Waals surface area contributed by atoms with Gasteiger partial charge in [-0.1, -0.05) is 30.3 Å². The number of sulfonamides is 1. The Kier molecular flexibility index (Phi) is 6.50. The van der Waals surface area contributed by atoms with E-state index >= 15 is 0 Å². The number of rotatable bonds is 6. The number of alkyl halides is 3. The molecule has 1 N–H and O–H groups in total. The first-order valence-corrected chi connectivity index (χ1v) is 13.0. The van der Waals surface area contributed by atoms with Crippen molar-refractivity contribution in [1.29, 1.82) is 0 Å². The van der Waals surface area contributed by atoms with Crippen LogP contribution in [0, 0.1) is 0 Å². The predicted octanol–water partition coefficient (Wildman–Crippen LogP) is 4.98. The van der Waals surface area contributed by atoms with Crippen molar-refractivity contribution < 1.29 is 30.8 Å². The molecule has 7 nitrogen and oxygen atoms in total. The molecule has 0 aliphatic carbocycles. The van der Waals surface area contributed by atoms with Gasteiger partial charge in [-0.15, -0.1) is 0 Å². The molecular weight excluding hydrogens is 507 g/mol. The van der Waals surface area contributed by atoms with E-state index in [1.165, 1.54) is 28.7 Å². The third-order valence-corrected chi connectivity index (χ3v) is 8.04. The van der Waals surface area contributed by atoms with E-state index in [2.05, 4.69) is 10.3 Å². The maximum Gasteiger partial charge on any atom is 0.416 e. The second-order valence-electron chi connectivity index (χ2n) is 8.72. The molecule has 0 spiro atoms. The van der Waals surface area contributed by atoms with Gasteiger partial charge in [0.15, 0.2) is 0 Å². The van der Waals surface area contributed by atoms with Crippen molar-refractivity contribution in [3.05, 3.63) is 84.1 Å². The Morgan fingerprint density at radius 1 is 1.08 bits per heavy atom. The van der Waals surface area contributed by atoms with Gasteiger partial charge in [0, 0.05) is 36.3 Å². The molecule has 1 fully saturated rings. The molecule has 1 amide bonds. The minimum Gasteiger partial charge on any atom is -0.443 e. The van der Waals surface area contributed by atoms with Crippen LogP contribution in [-0.2, 0) is 27.5 Å². The Morgan fingerprint density at radius 3 is 2.57 bits per heavy atom. The van der Waals surface area contributed by atoms with Gasteiger partial charge in [0.2, 0.25) is 11.0 Å². The summed E-state index contributed by atoms with van der Waals surface area (Å²) in [5.41, 5.74) is 1.32. The summed E-state index contributed by atoms with van der Waals surface area (Å²) in [6, 6.07) is 15.5. The number of hydrogen-bond donors (Lipinski definition) is 1. The van der Waals surface area contributed by atoms with E-state index in [0.717, 1.165) is 12.1 Å². The van der Waals surface area contributed by atoms with E-state index in [4.69, 9.17) is 4.42 Å². The van der Waals surface area contributed by atoms with Crippen LogP contribution in [0.5, 0.6) is 0 Å². The Bertz CT molecular complexity index is 1520. The number of hydrogen-bond acceptors (Lipinski definition) is 5. The van der Waals surface area contributed by atoms with E-state index in [9.17, 15) is 26.4 Å². The average Bonchev–Trinajstić information content (AvgIpc) is 3.55. The van der Waals surface area contributed by atoms with E-state index in [0.29, 0.717) is 40.6 Å². The molecule has 11 heteroatoms. The summed E-state index contributed by atoms with van der Waals surface area (Å²) in [6.45, 7) is 0.300. The van der Waals surface area contributed by atoms with Crippen molar-refractivity contribution in [2.45, 2.75) is 36.7 Å². The lowest BCUT2D eigenvalue weighted by Gasteiger charge is -2.22. The number of amides is 1. The van der Waals surface area contributed by atoms with Gasteiger partial charge in [-0.05, 0) is 48.7 Å². The summed E-state index contributed by atoms with van der Waals surface area (Å²) in [5, 5.41) is 3.23.